The van der Waals surface area contributed by atoms with Gasteiger partial charge >= 0.3 is 0 Å². The van der Waals surface area contributed by atoms with Gasteiger partial charge in [0, 0.05) is 18.9 Å². The number of anilines is 1. The van der Waals surface area contributed by atoms with Crippen LogP contribution in [0.25, 0.3) is 0 Å². The van der Waals surface area contributed by atoms with Crippen molar-refractivity contribution in [3.05, 3.63) is 18.0 Å². The summed E-state index contributed by atoms with van der Waals surface area (Å²) in [6.45, 7) is 3.63. The fraction of sp³-hybridized carbons (Fsp3) is 0.600. The predicted molar refractivity (Wildman–Crippen MR) is 56.0 cm³/mol. The van der Waals surface area contributed by atoms with E-state index in [9.17, 15) is 0 Å². The van der Waals surface area contributed by atoms with Crippen LogP contribution in [0.4, 0.5) is 5.95 Å². The van der Waals surface area contributed by atoms with Crippen molar-refractivity contribution in [3.8, 4) is 0 Å². The van der Waals surface area contributed by atoms with Crippen LogP contribution >= 0.6 is 0 Å². The number of rotatable bonds is 4. The lowest BCUT2D eigenvalue weighted by molar-refractivity contribution is 0.554. The molecule has 1 aromatic rings. The second-order valence-corrected chi connectivity index (χ2v) is 4.14. The number of aryl methyl sites for hydroxylation is 1. The van der Waals surface area contributed by atoms with Crippen LogP contribution in [0.1, 0.15) is 18.4 Å². The van der Waals surface area contributed by atoms with E-state index in [1.807, 2.05) is 19.3 Å². The highest BCUT2D eigenvalue weighted by molar-refractivity contribution is 5.25. The molecular weight excluding hydrogens is 176 g/mol. The van der Waals surface area contributed by atoms with Crippen LogP contribution in [-0.4, -0.2) is 23.1 Å². The average molecular weight is 192 g/mol. The molecule has 0 aliphatic heterocycles. The summed E-state index contributed by atoms with van der Waals surface area (Å²) < 4.78 is 0. The van der Waals surface area contributed by atoms with Gasteiger partial charge in [-0.25, -0.2) is 9.97 Å². The van der Waals surface area contributed by atoms with Crippen molar-refractivity contribution in [2.75, 3.05) is 18.4 Å². The minimum absolute atomic E-state index is 0.328. The second kappa shape index (κ2) is 3.53. The van der Waals surface area contributed by atoms with Crippen molar-refractivity contribution in [1.29, 1.82) is 0 Å². The van der Waals surface area contributed by atoms with Gasteiger partial charge in [0.25, 0.3) is 0 Å². The van der Waals surface area contributed by atoms with Gasteiger partial charge in [-0.3, -0.25) is 0 Å². The van der Waals surface area contributed by atoms with Crippen molar-refractivity contribution in [1.82, 2.24) is 9.97 Å². The van der Waals surface area contributed by atoms with Crippen molar-refractivity contribution in [3.63, 3.8) is 0 Å². The van der Waals surface area contributed by atoms with Crippen LogP contribution in [0.5, 0.6) is 0 Å². The largest absolute Gasteiger partial charge is 0.354 e. The maximum absolute atomic E-state index is 5.68. The maximum atomic E-state index is 5.68. The Morgan fingerprint density at radius 2 is 2.07 bits per heavy atom. The zero-order valence-electron chi connectivity index (χ0n) is 8.45. The molecule has 2 rings (SSSR count). The first-order valence-corrected chi connectivity index (χ1v) is 4.97. The Bertz CT molecular complexity index is 302. The molecule has 4 heteroatoms. The fourth-order valence-corrected chi connectivity index (χ4v) is 1.38. The van der Waals surface area contributed by atoms with Crippen molar-refractivity contribution in [2.24, 2.45) is 11.1 Å². The van der Waals surface area contributed by atoms with Gasteiger partial charge in [-0.1, -0.05) is 0 Å². The zero-order chi connectivity index (χ0) is 10.0. The highest BCUT2D eigenvalue weighted by Crippen LogP contribution is 2.44. The van der Waals surface area contributed by atoms with Crippen molar-refractivity contribution >= 4 is 5.95 Å². The summed E-state index contributed by atoms with van der Waals surface area (Å²) in [5, 5.41) is 3.22. The molecule has 76 valence electrons. The molecule has 1 saturated carbocycles. The normalized spacial score (nSPS) is 17.9. The number of nitrogens with two attached hydrogens (primary N) is 1. The maximum Gasteiger partial charge on any atom is 0.222 e. The summed E-state index contributed by atoms with van der Waals surface area (Å²) in [6, 6.07) is 0. The molecule has 1 heterocycles. The summed E-state index contributed by atoms with van der Waals surface area (Å²) in [5.41, 5.74) is 7.08. The minimum Gasteiger partial charge on any atom is -0.354 e. The standard InChI is InChI=1S/C10H16N4/c1-8-4-12-9(13-5-8)14-7-10(6-11)2-3-10/h4-5H,2-3,6-7,11H2,1H3,(H,12,13,14). The molecule has 1 aliphatic rings. The second-order valence-electron chi connectivity index (χ2n) is 4.14. The Kier molecular flexibility index (Phi) is 2.37. The lowest BCUT2D eigenvalue weighted by atomic mass is 10.1. The zero-order valence-corrected chi connectivity index (χ0v) is 8.45. The molecule has 0 unspecified atom stereocenters. The van der Waals surface area contributed by atoms with E-state index in [4.69, 9.17) is 5.73 Å². The summed E-state index contributed by atoms with van der Waals surface area (Å²) in [6.07, 6.45) is 6.08. The van der Waals surface area contributed by atoms with Gasteiger partial charge in [0.2, 0.25) is 5.95 Å². The molecule has 0 saturated heterocycles. The van der Waals surface area contributed by atoms with E-state index in [0.29, 0.717) is 11.4 Å². The smallest absolute Gasteiger partial charge is 0.222 e. The molecule has 1 aliphatic carbocycles. The Morgan fingerprint density at radius 1 is 1.43 bits per heavy atom. The predicted octanol–water partition coefficient (Wildman–Crippen LogP) is 0.936. The summed E-state index contributed by atoms with van der Waals surface area (Å²) in [5.74, 6) is 0.704. The molecule has 14 heavy (non-hydrogen) atoms. The number of nitrogens with zero attached hydrogens (tertiary/aromatic N) is 2. The lowest BCUT2D eigenvalue weighted by Crippen LogP contribution is -2.24. The van der Waals surface area contributed by atoms with Crippen LogP contribution in [0.2, 0.25) is 0 Å². The summed E-state index contributed by atoms with van der Waals surface area (Å²) in [4.78, 5) is 8.36. The minimum atomic E-state index is 0.328. The fourth-order valence-electron chi connectivity index (χ4n) is 1.38. The van der Waals surface area contributed by atoms with Gasteiger partial charge in [0.15, 0.2) is 0 Å². The molecule has 0 amide bonds. The van der Waals surface area contributed by atoms with Crippen molar-refractivity contribution in [2.45, 2.75) is 19.8 Å². The van der Waals surface area contributed by atoms with E-state index in [2.05, 4.69) is 15.3 Å². The number of hydrogen-bond donors (Lipinski definition) is 2. The molecule has 1 aromatic heterocycles. The van der Waals surface area contributed by atoms with Crippen LogP contribution in [0, 0.1) is 12.3 Å². The highest BCUT2D eigenvalue weighted by Gasteiger charge is 2.40. The topological polar surface area (TPSA) is 63.8 Å². The molecule has 3 N–H and O–H groups in total. The summed E-state index contributed by atoms with van der Waals surface area (Å²) >= 11 is 0. The van der Waals surface area contributed by atoms with Crippen LogP contribution in [-0.2, 0) is 0 Å². The van der Waals surface area contributed by atoms with E-state index in [0.717, 1.165) is 18.7 Å². The molecule has 0 atom stereocenters. The molecule has 4 nitrogen and oxygen atoms in total. The van der Waals surface area contributed by atoms with Crippen LogP contribution in [0.15, 0.2) is 12.4 Å². The molecule has 0 aromatic carbocycles. The monoisotopic (exact) mass is 192 g/mol. The van der Waals surface area contributed by atoms with E-state index >= 15 is 0 Å². The molecule has 0 spiro atoms. The lowest BCUT2D eigenvalue weighted by Gasteiger charge is -2.12. The first-order chi connectivity index (χ1) is 6.74. The Balaban J connectivity index is 1.89. The number of aromatic nitrogens is 2. The van der Waals surface area contributed by atoms with E-state index in [-0.39, 0.29) is 0 Å². The average Bonchev–Trinajstić information content (AvgIpc) is 2.98. The first kappa shape index (κ1) is 9.40. The van der Waals surface area contributed by atoms with Crippen LogP contribution in [0.3, 0.4) is 0 Å². The van der Waals surface area contributed by atoms with Gasteiger partial charge in [-0.2, -0.15) is 0 Å². The number of hydrogen-bond acceptors (Lipinski definition) is 4. The van der Waals surface area contributed by atoms with Crippen LogP contribution < -0.4 is 11.1 Å². The molecule has 0 bridgehead atoms. The third kappa shape index (κ3) is 2.01. The molecule has 1 fully saturated rings. The van der Waals surface area contributed by atoms with Gasteiger partial charge < -0.3 is 11.1 Å². The quantitative estimate of drug-likeness (QED) is 0.745. The Hall–Kier alpha value is -1.16. The summed E-state index contributed by atoms with van der Waals surface area (Å²) in [7, 11) is 0. The van der Waals surface area contributed by atoms with Gasteiger partial charge in [0.05, 0.1) is 0 Å². The SMILES string of the molecule is Cc1cnc(NCC2(CN)CC2)nc1. The Morgan fingerprint density at radius 3 is 2.57 bits per heavy atom. The first-order valence-electron chi connectivity index (χ1n) is 4.97. The van der Waals surface area contributed by atoms with E-state index in [1.165, 1.54) is 12.8 Å². The van der Waals surface area contributed by atoms with Gasteiger partial charge in [-0.15, -0.1) is 0 Å². The van der Waals surface area contributed by atoms with Crippen molar-refractivity contribution < 1.29 is 0 Å². The number of nitrogens with one attached hydrogen (secondary N) is 1. The molecular formula is C10H16N4. The third-order valence-corrected chi connectivity index (χ3v) is 2.79. The van der Waals surface area contributed by atoms with E-state index < -0.39 is 0 Å². The van der Waals surface area contributed by atoms with Gasteiger partial charge in [0.1, 0.15) is 0 Å². The van der Waals surface area contributed by atoms with E-state index in [1.54, 1.807) is 0 Å². The highest BCUT2D eigenvalue weighted by atomic mass is 15.1. The third-order valence-electron chi connectivity index (χ3n) is 2.79. The van der Waals surface area contributed by atoms with Gasteiger partial charge in [-0.05, 0) is 37.3 Å². The Labute approximate surface area is 83.9 Å². The molecule has 0 radical (unpaired) electrons.